The Morgan fingerprint density at radius 3 is 2.58 bits per heavy atom. The van der Waals surface area contributed by atoms with Gasteiger partial charge in [-0.1, -0.05) is 13.0 Å². The van der Waals surface area contributed by atoms with Crippen LogP contribution >= 0.6 is 0 Å². The highest BCUT2D eigenvalue weighted by Gasteiger charge is 2.08. The number of sulfone groups is 1. The van der Waals surface area contributed by atoms with E-state index in [1.807, 2.05) is 25.1 Å². The van der Waals surface area contributed by atoms with E-state index >= 15 is 0 Å². The van der Waals surface area contributed by atoms with Crippen molar-refractivity contribution in [1.29, 1.82) is 0 Å². The Kier molecular flexibility index (Phi) is 6.11. The minimum atomic E-state index is -3.02. The van der Waals surface area contributed by atoms with E-state index in [1.54, 1.807) is 7.11 Å². The van der Waals surface area contributed by atoms with E-state index in [1.165, 1.54) is 6.26 Å². The molecule has 0 heterocycles. The van der Waals surface area contributed by atoms with Crippen molar-refractivity contribution in [3.05, 3.63) is 23.8 Å². The second-order valence-corrected chi connectivity index (χ2v) is 6.50. The van der Waals surface area contributed by atoms with Gasteiger partial charge in [0.1, 0.15) is 6.61 Å². The summed E-state index contributed by atoms with van der Waals surface area (Å²) in [6.07, 6.45) is 1.19. The number of hydrogen-bond acceptors (Lipinski definition) is 5. The van der Waals surface area contributed by atoms with Crippen LogP contribution in [-0.2, 0) is 16.4 Å². The molecule has 1 N–H and O–H groups in total. The Balaban J connectivity index is 2.72. The molecule has 5 nitrogen and oxygen atoms in total. The lowest BCUT2D eigenvalue weighted by molar-refractivity contribution is 0.311. The van der Waals surface area contributed by atoms with Gasteiger partial charge in [-0.25, -0.2) is 8.42 Å². The average Bonchev–Trinajstić information content (AvgIpc) is 2.35. The van der Waals surface area contributed by atoms with Crippen molar-refractivity contribution in [2.45, 2.75) is 13.5 Å². The number of methoxy groups -OCH3 is 1. The van der Waals surface area contributed by atoms with Crippen molar-refractivity contribution in [3.63, 3.8) is 0 Å². The Bertz CT molecular complexity index is 499. The first kappa shape index (κ1) is 15.8. The number of nitrogens with one attached hydrogen (secondary N) is 1. The molecule has 0 amide bonds. The van der Waals surface area contributed by atoms with Crippen LogP contribution in [0.1, 0.15) is 12.5 Å². The maximum Gasteiger partial charge on any atom is 0.161 e. The second-order valence-electron chi connectivity index (χ2n) is 4.24. The van der Waals surface area contributed by atoms with Crippen LogP contribution in [0.4, 0.5) is 0 Å². The van der Waals surface area contributed by atoms with Gasteiger partial charge < -0.3 is 14.8 Å². The van der Waals surface area contributed by atoms with Gasteiger partial charge in [0.25, 0.3) is 0 Å². The molecule has 0 unspecified atom stereocenters. The van der Waals surface area contributed by atoms with Crippen LogP contribution in [0.25, 0.3) is 0 Å². The molecule has 0 bridgehead atoms. The summed E-state index contributed by atoms with van der Waals surface area (Å²) >= 11 is 0. The largest absolute Gasteiger partial charge is 0.493 e. The highest BCUT2D eigenvalue weighted by molar-refractivity contribution is 7.90. The molecule has 0 radical (unpaired) electrons. The van der Waals surface area contributed by atoms with E-state index < -0.39 is 9.84 Å². The predicted octanol–water partition coefficient (Wildman–Crippen LogP) is 1.23. The van der Waals surface area contributed by atoms with Crippen LogP contribution in [-0.4, -0.2) is 40.7 Å². The summed E-state index contributed by atoms with van der Waals surface area (Å²) < 4.78 is 32.8. The normalized spacial score (nSPS) is 11.3. The lowest BCUT2D eigenvalue weighted by Gasteiger charge is -2.12. The molecule has 0 spiro atoms. The van der Waals surface area contributed by atoms with Crippen molar-refractivity contribution in [2.75, 3.05) is 32.3 Å². The lowest BCUT2D eigenvalue weighted by Crippen LogP contribution is -2.14. The molecule has 6 heteroatoms. The minimum Gasteiger partial charge on any atom is -0.493 e. The molecule has 19 heavy (non-hydrogen) atoms. The third-order valence-corrected chi connectivity index (χ3v) is 3.43. The molecule has 1 aromatic rings. The molecular formula is C13H21NO4S. The Labute approximate surface area is 114 Å². The molecule has 108 valence electrons. The molecule has 0 fully saturated rings. The van der Waals surface area contributed by atoms with Gasteiger partial charge in [0, 0.05) is 12.8 Å². The minimum absolute atomic E-state index is 0.00636. The maximum absolute atomic E-state index is 11.1. The van der Waals surface area contributed by atoms with Crippen molar-refractivity contribution >= 4 is 9.84 Å². The molecule has 0 aromatic heterocycles. The predicted molar refractivity (Wildman–Crippen MR) is 75.6 cm³/mol. The molecule has 0 atom stereocenters. The molecule has 0 saturated heterocycles. The second kappa shape index (κ2) is 7.35. The topological polar surface area (TPSA) is 64.6 Å². The highest BCUT2D eigenvalue weighted by atomic mass is 32.2. The van der Waals surface area contributed by atoms with Crippen LogP contribution in [0.3, 0.4) is 0 Å². The van der Waals surface area contributed by atoms with Gasteiger partial charge in [-0.3, -0.25) is 0 Å². The third kappa shape index (κ3) is 5.94. The molecule has 0 aliphatic heterocycles. The van der Waals surface area contributed by atoms with Crippen molar-refractivity contribution < 1.29 is 17.9 Å². The standard InChI is InChI=1S/C13H21NO4S/c1-4-14-10-11-5-6-12(17-2)13(9-11)18-7-8-19(3,15)16/h5-6,9,14H,4,7-8,10H2,1-3H3. The van der Waals surface area contributed by atoms with Crippen molar-refractivity contribution in [1.82, 2.24) is 5.32 Å². The quantitative estimate of drug-likeness (QED) is 0.779. The van der Waals surface area contributed by atoms with Crippen LogP contribution in [0.5, 0.6) is 11.5 Å². The molecule has 0 aliphatic rings. The molecule has 0 aliphatic carbocycles. The van der Waals surface area contributed by atoms with Crippen LogP contribution in [0, 0.1) is 0 Å². The van der Waals surface area contributed by atoms with E-state index in [4.69, 9.17) is 9.47 Å². The smallest absolute Gasteiger partial charge is 0.161 e. The maximum atomic E-state index is 11.1. The Morgan fingerprint density at radius 1 is 1.26 bits per heavy atom. The summed E-state index contributed by atoms with van der Waals surface area (Å²) in [6.45, 7) is 3.78. The van der Waals surface area contributed by atoms with Gasteiger partial charge in [-0.05, 0) is 24.2 Å². The van der Waals surface area contributed by atoms with E-state index in [-0.39, 0.29) is 12.4 Å². The Morgan fingerprint density at radius 2 is 2.00 bits per heavy atom. The van der Waals surface area contributed by atoms with E-state index in [0.717, 1.165) is 18.7 Å². The fourth-order valence-electron chi connectivity index (χ4n) is 1.52. The van der Waals surface area contributed by atoms with E-state index in [2.05, 4.69) is 5.32 Å². The zero-order chi connectivity index (χ0) is 14.3. The van der Waals surface area contributed by atoms with Gasteiger partial charge in [0.2, 0.25) is 0 Å². The summed E-state index contributed by atoms with van der Waals surface area (Å²) in [5.41, 5.74) is 1.07. The first-order valence-corrected chi connectivity index (χ1v) is 8.20. The van der Waals surface area contributed by atoms with Crippen LogP contribution in [0.15, 0.2) is 18.2 Å². The summed E-state index contributed by atoms with van der Waals surface area (Å²) in [6, 6.07) is 5.64. The summed E-state index contributed by atoms with van der Waals surface area (Å²) in [4.78, 5) is 0. The average molecular weight is 287 g/mol. The fraction of sp³-hybridized carbons (Fsp3) is 0.538. The highest BCUT2D eigenvalue weighted by Crippen LogP contribution is 2.28. The van der Waals surface area contributed by atoms with Gasteiger partial charge in [0.15, 0.2) is 21.3 Å². The summed E-state index contributed by atoms with van der Waals surface area (Å²) in [7, 11) is -1.46. The first-order valence-electron chi connectivity index (χ1n) is 6.14. The zero-order valence-corrected chi connectivity index (χ0v) is 12.4. The molecule has 1 rings (SSSR count). The summed E-state index contributed by atoms with van der Waals surface area (Å²) in [5, 5.41) is 3.22. The van der Waals surface area contributed by atoms with E-state index in [0.29, 0.717) is 11.5 Å². The van der Waals surface area contributed by atoms with Gasteiger partial charge in [-0.15, -0.1) is 0 Å². The van der Waals surface area contributed by atoms with Gasteiger partial charge in [0.05, 0.1) is 12.9 Å². The number of ether oxygens (including phenoxy) is 2. The third-order valence-electron chi connectivity index (χ3n) is 2.52. The summed E-state index contributed by atoms with van der Waals surface area (Å²) in [5.74, 6) is 1.17. The van der Waals surface area contributed by atoms with E-state index in [9.17, 15) is 8.42 Å². The number of hydrogen-bond donors (Lipinski definition) is 1. The SMILES string of the molecule is CCNCc1ccc(OC)c(OCCS(C)(=O)=O)c1. The number of rotatable bonds is 8. The van der Waals surface area contributed by atoms with Gasteiger partial charge >= 0.3 is 0 Å². The zero-order valence-electron chi connectivity index (χ0n) is 11.6. The number of benzene rings is 1. The molecule has 1 aromatic carbocycles. The first-order chi connectivity index (χ1) is 8.96. The monoisotopic (exact) mass is 287 g/mol. The van der Waals surface area contributed by atoms with Gasteiger partial charge in [-0.2, -0.15) is 0 Å². The van der Waals surface area contributed by atoms with Crippen LogP contribution < -0.4 is 14.8 Å². The molecular weight excluding hydrogens is 266 g/mol. The fourth-order valence-corrected chi connectivity index (χ4v) is 1.90. The lowest BCUT2D eigenvalue weighted by atomic mass is 10.2. The van der Waals surface area contributed by atoms with Crippen molar-refractivity contribution in [3.8, 4) is 11.5 Å². The Hall–Kier alpha value is -1.27. The molecule has 0 saturated carbocycles. The van der Waals surface area contributed by atoms with Crippen LogP contribution in [0.2, 0.25) is 0 Å². The van der Waals surface area contributed by atoms with Crippen molar-refractivity contribution in [2.24, 2.45) is 0 Å².